The summed E-state index contributed by atoms with van der Waals surface area (Å²) >= 11 is 0. The Kier molecular flexibility index (Phi) is 6.63. The maximum absolute atomic E-state index is 10.4. The number of nitrogens with zero attached hydrogens (tertiary/aromatic N) is 1. The highest BCUT2D eigenvalue weighted by Gasteiger charge is 2.18. The van der Waals surface area contributed by atoms with Crippen LogP contribution < -0.4 is 10.1 Å². The van der Waals surface area contributed by atoms with Gasteiger partial charge in [0.05, 0.1) is 11.6 Å². The molecule has 0 spiro atoms. The highest BCUT2D eigenvalue weighted by atomic mass is 16.5. The molecule has 0 amide bonds. The first kappa shape index (κ1) is 20.7. The zero-order valence-corrected chi connectivity index (χ0v) is 17.2. The van der Waals surface area contributed by atoms with Crippen LogP contribution in [0.1, 0.15) is 22.6 Å². The van der Waals surface area contributed by atoms with Crippen LogP contribution in [0.25, 0.3) is 10.9 Å². The van der Waals surface area contributed by atoms with E-state index in [4.69, 9.17) is 10.00 Å². The predicted molar refractivity (Wildman–Crippen MR) is 122 cm³/mol. The maximum atomic E-state index is 10.4. The molecule has 3 aromatic carbocycles. The molecule has 0 aliphatic rings. The molecule has 4 aromatic rings. The smallest absolute Gasteiger partial charge is 0.119 e. The normalized spacial score (nSPS) is 12.9. The molecule has 31 heavy (non-hydrogen) atoms. The van der Waals surface area contributed by atoms with Gasteiger partial charge in [0.25, 0.3) is 0 Å². The predicted octanol–water partition coefficient (Wildman–Crippen LogP) is 4.20. The van der Waals surface area contributed by atoms with Gasteiger partial charge in [0.2, 0.25) is 0 Å². The van der Waals surface area contributed by atoms with Crippen molar-refractivity contribution in [2.75, 3.05) is 19.7 Å². The second-order valence-corrected chi connectivity index (χ2v) is 7.51. The van der Waals surface area contributed by atoms with Crippen molar-refractivity contribution >= 4 is 10.9 Å². The number of nitrogens with one attached hydrogen (secondary N) is 2. The van der Waals surface area contributed by atoms with Gasteiger partial charge >= 0.3 is 0 Å². The van der Waals surface area contributed by atoms with E-state index in [1.54, 1.807) is 24.3 Å². The van der Waals surface area contributed by atoms with E-state index < -0.39 is 6.10 Å². The molecule has 3 N–H and O–H groups in total. The van der Waals surface area contributed by atoms with Crippen LogP contribution in [0.2, 0.25) is 0 Å². The number of aliphatic hydroxyl groups excluding tert-OH is 1. The van der Waals surface area contributed by atoms with Crippen LogP contribution in [0.15, 0.2) is 85.1 Å². The lowest BCUT2D eigenvalue weighted by Gasteiger charge is -2.20. The molecule has 5 nitrogen and oxygen atoms in total. The summed E-state index contributed by atoms with van der Waals surface area (Å²) in [6.07, 6.45) is 1.43. The lowest BCUT2D eigenvalue weighted by Crippen LogP contribution is -2.34. The molecule has 0 unspecified atom stereocenters. The summed E-state index contributed by atoms with van der Waals surface area (Å²) in [7, 11) is 0. The van der Waals surface area contributed by atoms with Gasteiger partial charge in [-0.2, -0.15) is 5.26 Å². The quantitative estimate of drug-likeness (QED) is 0.386. The number of hydrogen-bond donors (Lipinski definition) is 3. The molecular weight excluding hydrogens is 386 g/mol. The number of hydrogen-bond acceptors (Lipinski definition) is 4. The van der Waals surface area contributed by atoms with Crippen molar-refractivity contribution in [2.45, 2.75) is 12.0 Å². The fraction of sp³-hybridized carbons (Fsp3) is 0.192. The summed E-state index contributed by atoms with van der Waals surface area (Å²) < 4.78 is 5.63. The first-order valence-corrected chi connectivity index (χ1v) is 10.4. The Morgan fingerprint density at radius 2 is 1.68 bits per heavy atom. The first-order chi connectivity index (χ1) is 15.2. The Morgan fingerprint density at radius 3 is 2.45 bits per heavy atom. The summed E-state index contributed by atoms with van der Waals surface area (Å²) in [6, 6.07) is 27.7. The lowest BCUT2D eigenvalue weighted by atomic mass is 9.91. The van der Waals surface area contributed by atoms with E-state index in [1.807, 2.05) is 12.1 Å². The molecule has 5 heteroatoms. The largest absolute Gasteiger partial charge is 0.491 e. The summed E-state index contributed by atoms with van der Waals surface area (Å²) in [4.78, 5) is 3.37. The molecule has 0 aliphatic carbocycles. The van der Waals surface area contributed by atoms with Gasteiger partial charge in [0.1, 0.15) is 18.5 Å². The van der Waals surface area contributed by atoms with Crippen LogP contribution in [0.5, 0.6) is 5.75 Å². The van der Waals surface area contributed by atoms with Gasteiger partial charge in [-0.15, -0.1) is 0 Å². The van der Waals surface area contributed by atoms with Gasteiger partial charge in [-0.1, -0.05) is 48.5 Å². The molecule has 0 fully saturated rings. The fourth-order valence-electron chi connectivity index (χ4n) is 3.75. The van der Waals surface area contributed by atoms with E-state index in [0.29, 0.717) is 24.4 Å². The SMILES string of the molecule is N#Cc1ccc(OC[C@H](O)CNC[C@@H](c2ccccc2)c2c[nH]c3ccccc23)cc1. The second-order valence-electron chi connectivity index (χ2n) is 7.51. The third-order valence-electron chi connectivity index (χ3n) is 5.35. The Hall–Kier alpha value is -3.59. The summed E-state index contributed by atoms with van der Waals surface area (Å²) in [6.45, 7) is 1.30. The Balaban J connectivity index is 1.38. The standard InChI is InChI=1S/C26H25N3O2/c27-14-19-10-12-22(13-11-19)31-18-21(30)15-28-16-24(20-6-2-1-3-7-20)25-17-29-26-9-5-4-8-23(25)26/h1-13,17,21,24,28-30H,15-16,18H2/t21-,24+/m1/s1. The van der Waals surface area contributed by atoms with Crippen molar-refractivity contribution in [3.63, 3.8) is 0 Å². The number of benzene rings is 3. The first-order valence-electron chi connectivity index (χ1n) is 10.4. The Morgan fingerprint density at radius 1 is 0.935 bits per heavy atom. The van der Waals surface area contributed by atoms with E-state index in [-0.39, 0.29) is 12.5 Å². The molecule has 0 saturated carbocycles. The molecular formula is C26H25N3O2. The minimum absolute atomic E-state index is 0.156. The van der Waals surface area contributed by atoms with Crippen molar-refractivity contribution in [3.8, 4) is 11.8 Å². The van der Waals surface area contributed by atoms with Crippen molar-refractivity contribution in [3.05, 3.63) is 102 Å². The van der Waals surface area contributed by atoms with E-state index in [1.165, 1.54) is 16.5 Å². The number of H-pyrrole nitrogens is 1. The number of para-hydroxylation sites is 1. The fourth-order valence-corrected chi connectivity index (χ4v) is 3.75. The van der Waals surface area contributed by atoms with Crippen LogP contribution in [-0.4, -0.2) is 35.9 Å². The van der Waals surface area contributed by atoms with Crippen molar-refractivity contribution in [2.24, 2.45) is 0 Å². The highest BCUT2D eigenvalue weighted by molar-refractivity contribution is 5.84. The minimum atomic E-state index is -0.643. The van der Waals surface area contributed by atoms with Crippen LogP contribution in [0.4, 0.5) is 0 Å². The molecule has 1 aromatic heterocycles. The van der Waals surface area contributed by atoms with Gasteiger partial charge < -0.3 is 20.1 Å². The zero-order chi connectivity index (χ0) is 21.5. The minimum Gasteiger partial charge on any atom is -0.491 e. The summed E-state index contributed by atoms with van der Waals surface area (Å²) in [5.74, 6) is 0.794. The molecule has 0 aliphatic heterocycles. The van der Waals surface area contributed by atoms with Gasteiger partial charge in [0.15, 0.2) is 0 Å². The summed E-state index contributed by atoms with van der Waals surface area (Å²) in [5, 5.41) is 23.8. The number of ether oxygens (including phenoxy) is 1. The molecule has 156 valence electrons. The monoisotopic (exact) mass is 411 g/mol. The average Bonchev–Trinajstić information content (AvgIpc) is 3.25. The van der Waals surface area contributed by atoms with Gasteiger partial charge in [-0.3, -0.25) is 0 Å². The number of aromatic nitrogens is 1. The molecule has 0 radical (unpaired) electrons. The molecule has 0 saturated heterocycles. The average molecular weight is 412 g/mol. The number of rotatable bonds is 9. The van der Waals surface area contributed by atoms with Crippen LogP contribution in [0.3, 0.4) is 0 Å². The van der Waals surface area contributed by atoms with Crippen LogP contribution >= 0.6 is 0 Å². The molecule has 0 bridgehead atoms. The van der Waals surface area contributed by atoms with Crippen molar-refractivity contribution in [1.29, 1.82) is 5.26 Å². The molecule has 2 atom stereocenters. The lowest BCUT2D eigenvalue weighted by molar-refractivity contribution is 0.106. The molecule has 1 heterocycles. The topological polar surface area (TPSA) is 81.1 Å². The third kappa shape index (κ3) is 5.13. The number of nitriles is 1. The zero-order valence-electron chi connectivity index (χ0n) is 17.2. The van der Waals surface area contributed by atoms with E-state index in [2.05, 4.69) is 65.0 Å². The highest BCUT2D eigenvalue weighted by Crippen LogP contribution is 2.30. The maximum Gasteiger partial charge on any atom is 0.119 e. The van der Waals surface area contributed by atoms with E-state index >= 15 is 0 Å². The Bertz CT molecular complexity index is 1150. The van der Waals surface area contributed by atoms with Crippen molar-refractivity contribution < 1.29 is 9.84 Å². The van der Waals surface area contributed by atoms with Gasteiger partial charge in [0, 0.05) is 36.1 Å². The summed E-state index contributed by atoms with van der Waals surface area (Å²) in [5.41, 5.74) is 4.16. The number of fused-ring (bicyclic) bond motifs is 1. The number of aliphatic hydroxyl groups is 1. The van der Waals surface area contributed by atoms with E-state index in [9.17, 15) is 5.11 Å². The van der Waals surface area contributed by atoms with Crippen molar-refractivity contribution in [1.82, 2.24) is 10.3 Å². The van der Waals surface area contributed by atoms with Gasteiger partial charge in [-0.25, -0.2) is 0 Å². The van der Waals surface area contributed by atoms with Gasteiger partial charge in [-0.05, 0) is 41.5 Å². The van der Waals surface area contributed by atoms with Crippen LogP contribution in [0, 0.1) is 11.3 Å². The van der Waals surface area contributed by atoms with Crippen LogP contribution in [-0.2, 0) is 0 Å². The third-order valence-corrected chi connectivity index (χ3v) is 5.35. The van der Waals surface area contributed by atoms with E-state index in [0.717, 1.165) is 5.52 Å². The second kappa shape index (κ2) is 9.94. The Labute approximate surface area is 181 Å². The molecule has 4 rings (SSSR count). The number of aromatic amines is 1.